The Hall–Kier alpha value is -2.44. The smallest absolute Gasteiger partial charge is 0.340 e. The van der Waals surface area contributed by atoms with E-state index in [0.717, 1.165) is 13.2 Å². The molecule has 0 aromatic heterocycles. The first-order valence-electron chi connectivity index (χ1n) is 6.61. The Morgan fingerprint density at radius 2 is 1.86 bits per heavy atom. The van der Waals surface area contributed by atoms with Gasteiger partial charge in [0.2, 0.25) is 11.8 Å². The SMILES string of the molecule is COC(=O)c1cc(NC(=O)CNC(=O)C(C)(C)C)ccc1F. The van der Waals surface area contributed by atoms with Gasteiger partial charge in [-0.1, -0.05) is 20.8 Å². The van der Waals surface area contributed by atoms with Crippen molar-refractivity contribution in [1.29, 1.82) is 0 Å². The van der Waals surface area contributed by atoms with E-state index in [0.29, 0.717) is 0 Å². The molecule has 1 rings (SSSR count). The van der Waals surface area contributed by atoms with Gasteiger partial charge < -0.3 is 15.4 Å². The molecule has 0 saturated carbocycles. The highest BCUT2D eigenvalue weighted by Crippen LogP contribution is 2.16. The second kappa shape index (κ2) is 7.02. The van der Waals surface area contributed by atoms with Crippen molar-refractivity contribution in [3.8, 4) is 0 Å². The standard InChI is InChI=1S/C15H19FN2O4/c1-15(2,3)14(21)17-8-12(19)18-9-5-6-11(16)10(7-9)13(20)22-4/h5-7H,8H2,1-4H3,(H,17,21)(H,18,19). The molecule has 1 aromatic rings. The molecule has 0 saturated heterocycles. The van der Waals surface area contributed by atoms with Crippen LogP contribution in [0.4, 0.5) is 10.1 Å². The number of halogens is 1. The van der Waals surface area contributed by atoms with Gasteiger partial charge in [0.05, 0.1) is 19.2 Å². The molecule has 6 nitrogen and oxygen atoms in total. The van der Waals surface area contributed by atoms with Crippen molar-refractivity contribution in [2.75, 3.05) is 19.0 Å². The van der Waals surface area contributed by atoms with Crippen molar-refractivity contribution in [3.05, 3.63) is 29.6 Å². The second-order valence-electron chi connectivity index (χ2n) is 5.67. The first-order chi connectivity index (χ1) is 10.1. The van der Waals surface area contributed by atoms with Crippen LogP contribution in [0.5, 0.6) is 0 Å². The van der Waals surface area contributed by atoms with Gasteiger partial charge in [-0.3, -0.25) is 9.59 Å². The Balaban J connectivity index is 2.69. The molecular formula is C15H19FN2O4. The van der Waals surface area contributed by atoms with Crippen molar-refractivity contribution in [2.45, 2.75) is 20.8 Å². The highest BCUT2D eigenvalue weighted by molar-refractivity contribution is 5.97. The lowest BCUT2D eigenvalue weighted by atomic mass is 9.96. The fraction of sp³-hybridized carbons (Fsp3) is 0.400. The molecule has 120 valence electrons. The average Bonchev–Trinajstić information content (AvgIpc) is 2.44. The average molecular weight is 310 g/mol. The van der Waals surface area contributed by atoms with Crippen LogP contribution in [0, 0.1) is 11.2 Å². The number of ether oxygens (including phenoxy) is 1. The highest BCUT2D eigenvalue weighted by Gasteiger charge is 2.21. The van der Waals surface area contributed by atoms with E-state index >= 15 is 0 Å². The molecule has 0 spiro atoms. The van der Waals surface area contributed by atoms with Crippen LogP contribution in [-0.2, 0) is 14.3 Å². The van der Waals surface area contributed by atoms with Crippen LogP contribution >= 0.6 is 0 Å². The second-order valence-corrected chi connectivity index (χ2v) is 5.67. The first kappa shape index (κ1) is 17.6. The zero-order chi connectivity index (χ0) is 16.9. The Morgan fingerprint density at radius 1 is 1.23 bits per heavy atom. The van der Waals surface area contributed by atoms with E-state index in [9.17, 15) is 18.8 Å². The third kappa shape index (κ3) is 4.83. The first-order valence-corrected chi connectivity index (χ1v) is 6.61. The Bertz CT molecular complexity index is 594. The number of hydrogen-bond donors (Lipinski definition) is 2. The summed E-state index contributed by atoms with van der Waals surface area (Å²) in [5.74, 6) is -2.34. The maximum absolute atomic E-state index is 13.5. The van der Waals surface area contributed by atoms with Crippen molar-refractivity contribution in [3.63, 3.8) is 0 Å². The molecular weight excluding hydrogens is 291 g/mol. The fourth-order valence-electron chi connectivity index (χ4n) is 1.50. The van der Waals surface area contributed by atoms with Crippen molar-refractivity contribution >= 4 is 23.5 Å². The zero-order valence-corrected chi connectivity index (χ0v) is 13.0. The molecule has 0 radical (unpaired) electrons. The normalized spacial score (nSPS) is 10.8. The number of nitrogens with one attached hydrogen (secondary N) is 2. The lowest BCUT2D eigenvalue weighted by Crippen LogP contribution is -2.39. The topological polar surface area (TPSA) is 84.5 Å². The largest absolute Gasteiger partial charge is 0.465 e. The number of rotatable bonds is 4. The molecule has 2 amide bonds. The Kier molecular flexibility index (Phi) is 5.62. The van der Waals surface area contributed by atoms with Gasteiger partial charge in [-0.25, -0.2) is 9.18 Å². The molecule has 0 aliphatic carbocycles. The molecule has 0 unspecified atom stereocenters. The molecule has 0 aliphatic heterocycles. The fourth-order valence-corrected chi connectivity index (χ4v) is 1.50. The van der Waals surface area contributed by atoms with Gasteiger partial charge in [0, 0.05) is 11.1 Å². The number of methoxy groups -OCH3 is 1. The van der Waals surface area contributed by atoms with Crippen LogP contribution in [0.3, 0.4) is 0 Å². The van der Waals surface area contributed by atoms with Crippen molar-refractivity contribution < 1.29 is 23.5 Å². The monoisotopic (exact) mass is 310 g/mol. The minimum atomic E-state index is -0.838. The van der Waals surface area contributed by atoms with Gasteiger partial charge in [0.1, 0.15) is 5.82 Å². The summed E-state index contributed by atoms with van der Waals surface area (Å²) < 4.78 is 17.9. The number of hydrogen-bond acceptors (Lipinski definition) is 4. The van der Waals surface area contributed by atoms with E-state index in [1.807, 2.05) is 0 Å². The Labute approximate surface area is 128 Å². The van der Waals surface area contributed by atoms with Crippen LogP contribution in [0.15, 0.2) is 18.2 Å². The number of carbonyl (C=O) groups is 3. The van der Waals surface area contributed by atoms with Gasteiger partial charge in [-0.2, -0.15) is 0 Å². The third-order valence-corrected chi connectivity index (χ3v) is 2.75. The van der Waals surface area contributed by atoms with Gasteiger partial charge in [-0.15, -0.1) is 0 Å². The maximum atomic E-state index is 13.5. The number of benzene rings is 1. The summed E-state index contributed by atoms with van der Waals surface area (Å²) in [6.07, 6.45) is 0. The summed E-state index contributed by atoms with van der Waals surface area (Å²) in [6, 6.07) is 3.53. The van der Waals surface area contributed by atoms with Crippen LogP contribution in [0.1, 0.15) is 31.1 Å². The minimum Gasteiger partial charge on any atom is -0.465 e. The summed E-state index contributed by atoms with van der Waals surface area (Å²) in [7, 11) is 1.13. The van der Waals surface area contributed by atoms with Crippen LogP contribution < -0.4 is 10.6 Å². The molecule has 7 heteroatoms. The molecule has 0 fully saturated rings. The maximum Gasteiger partial charge on any atom is 0.340 e. The summed E-state index contributed by atoms with van der Waals surface area (Å²) in [4.78, 5) is 34.8. The summed E-state index contributed by atoms with van der Waals surface area (Å²) in [5.41, 5.74) is -0.648. The Morgan fingerprint density at radius 3 is 2.41 bits per heavy atom. The highest BCUT2D eigenvalue weighted by atomic mass is 19.1. The lowest BCUT2D eigenvalue weighted by molar-refractivity contribution is -0.130. The number of anilines is 1. The summed E-state index contributed by atoms with van der Waals surface area (Å²) >= 11 is 0. The molecule has 0 heterocycles. The van der Waals surface area contributed by atoms with E-state index in [1.54, 1.807) is 20.8 Å². The van der Waals surface area contributed by atoms with Gasteiger partial charge >= 0.3 is 5.97 Å². The van der Waals surface area contributed by atoms with Gasteiger partial charge in [-0.05, 0) is 18.2 Å². The zero-order valence-electron chi connectivity index (χ0n) is 13.0. The van der Waals surface area contributed by atoms with Crippen LogP contribution in [0.2, 0.25) is 0 Å². The molecule has 22 heavy (non-hydrogen) atoms. The molecule has 0 aliphatic rings. The van der Waals surface area contributed by atoms with E-state index in [-0.39, 0.29) is 23.7 Å². The van der Waals surface area contributed by atoms with E-state index in [2.05, 4.69) is 15.4 Å². The van der Waals surface area contributed by atoms with Gasteiger partial charge in [0.25, 0.3) is 0 Å². The minimum absolute atomic E-state index is 0.221. The number of amides is 2. The van der Waals surface area contributed by atoms with E-state index in [1.165, 1.54) is 12.1 Å². The molecule has 0 atom stereocenters. The van der Waals surface area contributed by atoms with E-state index in [4.69, 9.17) is 0 Å². The number of carbonyl (C=O) groups excluding carboxylic acids is 3. The van der Waals surface area contributed by atoms with Gasteiger partial charge in [0.15, 0.2) is 0 Å². The van der Waals surface area contributed by atoms with Crippen molar-refractivity contribution in [1.82, 2.24) is 5.32 Å². The molecule has 2 N–H and O–H groups in total. The third-order valence-electron chi connectivity index (χ3n) is 2.75. The van der Waals surface area contributed by atoms with Crippen LogP contribution in [-0.4, -0.2) is 31.4 Å². The predicted octanol–water partition coefficient (Wildman–Crippen LogP) is 1.71. The van der Waals surface area contributed by atoms with Crippen LogP contribution in [0.25, 0.3) is 0 Å². The lowest BCUT2D eigenvalue weighted by Gasteiger charge is -2.17. The van der Waals surface area contributed by atoms with Crippen molar-refractivity contribution in [2.24, 2.45) is 5.41 Å². The quantitative estimate of drug-likeness (QED) is 0.829. The molecule has 0 bridgehead atoms. The predicted molar refractivity (Wildman–Crippen MR) is 78.8 cm³/mol. The number of esters is 1. The summed E-state index contributed by atoms with van der Waals surface area (Å²) in [5, 5.41) is 4.95. The molecule has 1 aromatic carbocycles. The summed E-state index contributed by atoms with van der Waals surface area (Å²) in [6.45, 7) is 4.95. The van der Waals surface area contributed by atoms with E-state index < -0.39 is 23.1 Å².